The van der Waals surface area contributed by atoms with Gasteiger partial charge in [-0.3, -0.25) is 9.78 Å². The van der Waals surface area contributed by atoms with E-state index in [1.165, 1.54) is 12.8 Å². The molecule has 0 spiro atoms. The maximum absolute atomic E-state index is 11.8. The molecule has 1 unspecified atom stereocenters. The van der Waals surface area contributed by atoms with Gasteiger partial charge < -0.3 is 15.3 Å². The van der Waals surface area contributed by atoms with Gasteiger partial charge in [0.2, 0.25) is 5.91 Å². The van der Waals surface area contributed by atoms with Crippen LogP contribution in [-0.4, -0.2) is 53.2 Å². The number of pyridine rings is 1. The molecule has 1 fully saturated rings. The zero-order valence-electron chi connectivity index (χ0n) is 14.1. The quantitative estimate of drug-likeness (QED) is 0.764. The second-order valence-electron chi connectivity index (χ2n) is 6.62. The molecule has 0 radical (unpaired) electrons. The Morgan fingerprint density at radius 2 is 2.22 bits per heavy atom. The van der Waals surface area contributed by atoms with Gasteiger partial charge in [-0.05, 0) is 56.8 Å². The fourth-order valence-corrected chi connectivity index (χ4v) is 2.90. The third-order valence-corrected chi connectivity index (χ3v) is 4.44. The zero-order valence-corrected chi connectivity index (χ0v) is 14.1. The van der Waals surface area contributed by atoms with E-state index < -0.39 is 6.10 Å². The first-order valence-electron chi connectivity index (χ1n) is 8.70. The van der Waals surface area contributed by atoms with Crippen LogP contribution in [0.5, 0.6) is 0 Å². The molecule has 1 aliphatic rings. The Morgan fingerprint density at radius 1 is 1.43 bits per heavy atom. The number of hydrogen-bond donors (Lipinski definition) is 2. The van der Waals surface area contributed by atoms with Gasteiger partial charge in [-0.25, -0.2) is 0 Å². The van der Waals surface area contributed by atoms with E-state index in [2.05, 4.69) is 22.1 Å². The van der Waals surface area contributed by atoms with Gasteiger partial charge in [0.1, 0.15) is 0 Å². The maximum Gasteiger partial charge on any atom is 0.220 e. The number of β-amino-alcohol motifs (C(OH)–C–C–N with tert-alkyl or cyclic N) is 1. The Morgan fingerprint density at radius 3 is 2.91 bits per heavy atom. The monoisotopic (exact) mass is 319 g/mol. The Balaban J connectivity index is 1.55. The highest BCUT2D eigenvalue weighted by Crippen LogP contribution is 2.15. The number of amides is 1. The fourth-order valence-electron chi connectivity index (χ4n) is 2.90. The lowest BCUT2D eigenvalue weighted by Gasteiger charge is -2.31. The van der Waals surface area contributed by atoms with Gasteiger partial charge in [0, 0.05) is 31.4 Å². The van der Waals surface area contributed by atoms with Crippen molar-refractivity contribution < 1.29 is 9.90 Å². The molecule has 0 saturated carbocycles. The summed E-state index contributed by atoms with van der Waals surface area (Å²) < 4.78 is 0. The van der Waals surface area contributed by atoms with Crippen LogP contribution >= 0.6 is 0 Å². The van der Waals surface area contributed by atoms with Crippen LogP contribution < -0.4 is 5.32 Å². The van der Waals surface area contributed by atoms with Crippen molar-refractivity contribution in [2.45, 2.75) is 45.1 Å². The van der Waals surface area contributed by atoms with Crippen molar-refractivity contribution >= 4 is 5.91 Å². The molecule has 1 aliphatic heterocycles. The van der Waals surface area contributed by atoms with Gasteiger partial charge in [0.25, 0.3) is 0 Å². The summed E-state index contributed by atoms with van der Waals surface area (Å²) in [5.41, 5.74) is 1.01. The first-order valence-corrected chi connectivity index (χ1v) is 8.70. The number of rotatable bonds is 8. The topological polar surface area (TPSA) is 65.5 Å². The molecule has 1 saturated heterocycles. The van der Waals surface area contributed by atoms with E-state index in [0.29, 0.717) is 19.5 Å². The van der Waals surface area contributed by atoms with E-state index in [-0.39, 0.29) is 5.91 Å². The van der Waals surface area contributed by atoms with Gasteiger partial charge in [-0.1, -0.05) is 13.0 Å². The summed E-state index contributed by atoms with van der Waals surface area (Å²) in [5.74, 6) is 0.800. The van der Waals surface area contributed by atoms with E-state index in [1.54, 1.807) is 6.20 Å². The minimum atomic E-state index is -0.483. The summed E-state index contributed by atoms with van der Waals surface area (Å²) in [4.78, 5) is 18.3. The Kier molecular flexibility index (Phi) is 7.49. The van der Waals surface area contributed by atoms with Crippen molar-refractivity contribution in [3.63, 3.8) is 0 Å². The number of aromatic nitrogens is 1. The van der Waals surface area contributed by atoms with E-state index in [0.717, 1.165) is 37.5 Å². The maximum atomic E-state index is 11.8. The summed E-state index contributed by atoms with van der Waals surface area (Å²) in [6.07, 6.45) is 5.76. The SMILES string of the molecule is CC1CCN(CC(O)CNC(=O)CCCc2ccccn2)CC1. The molecule has 1 amide bonds. The molecule has 1 aromatic rings. The normalized spacial score (nSPS) is 17.8. The average Bonchev–Trinajstić information content (AvgIpc) is 2.56. The van der Waals surface area contributed by atoms with Crippen LogP contribution in [0.1, 0.15) is 38.3 Å². The summed E-state index contributed by atoms with van der Waals surface area (Å²) in [6, 6.07) is 5.82. The van der Waals surface area contributed by atoms with Crippen molar-refractivity contribution in [1.29, 1.82) is 0 Å². The molecule has 2 rings (SSSR count). The lowest BCUT2D eigenvalue weighted by atomic mass is 9.99. The Labute approximate surface area is 139 Å². The molecule has 0 aromatic carbocycles. The summed E-state index contributed by atoms with van der Waals surface area (Å²) in [7, 11) is 0. The largest absolute Gasteiger partial charge is 0.390 e. The highest BCUT2D eigenvalue weighted by Gasteiger charge is 2.18. The number of nitrogens with one attached hydrogen (secondary N) is 1. The molecule has 5 nitrogen and oxygen atoms in total. The van der Waals surface area contributed by atoms with Crippen molar-refractivity contribution in [3.8, 4) is 0 Å². The molecular weight excluding hydrogens is 290 g/mol. The summed E-state index contributed by atoms with van der Waals surface area (Å²) in [5, 5.41) is 12.9. The van der Waals surface area contributed by atoms with Crippen LogP contribution in [0.25, 0.3) is 0 Å². The number of aryl methyl sites for hydroxylation is 1. The number of likely N-dealkylation sites (tertiary alicyclic amines) is 1. The van der Waals surface area contributed by atoms with Crippen molar-refractivity contribution in [2.24, 2.45) is 5.92 Å². The number of nitrogens with zero attached hydrogens (tertiary/aromatic N) is 2. The predicted octanol–water partition coefficient (Wildman–Crippen LogP) is 1.61. The van der Waals surface area contributed by atoms with Crippen molar-refractivity contribution in [2.75, 3.05) is 26.2 Å². The first kappa shape index (κ1) is 17.9. The van der Waals surface area contributed by atoms with Crippen molar-refractivity contribution in [3.05, 3.63) is 30.1 Å². The molecule has 5 heteroatoms. The summed E-state index contributed by atoms with van der Waals surface area (Å²) >= 11 is 0. The van der Waals surface area contributed by atoms with Crippen LogP contribution in [-0.2, 0) is 11.2 Å². The highest BCUT2D eigenvalue weighted by molar-refractivity contribution is 5.75. The molecule has 2 heterocycles. The molecule has 1 aromatic heterocycles. The predicted molar refractivity (Wildman–Crippen MR) is 91.0 cm³/mol. The smallest absolute Gasteiger partial charge is 0.220 e. The molecular formula is C18H29N3O2. The van der Waals surface area contributed by atoms with Crippen LogP contribution in [0.15, 0.2) is 24.4 Å². The van der Waals surface area contributed by atoms with E-state index >= 15 is 0 Å². The van der Waals surface area contributed by atoms with E-state index in [4.69, 9.17) is 0 Å². The van der Waals surface area contributed by atoms with Crippen LogP contribution in [0, 0.1) is 5.92 Å². The Hall–Kier alpha value is -1.46. The van der Waals surface area contributed by atoms with E-state index in [1.807, 2.05) is 18.2 Å². The lowest BCUT2D eigenvalue weighted by molar-refractivity contribution is -0.121. The van der Waals surface area contributed by atoms with Crippen LogP contribution in [0.4, 0.5) is 0 Å². The first-order chi connectivity index (χ1) is 11.1. The second-order valence-corrected chi connectivity index (χ2v) is 6.62. The van der Waals surface area contributed by atoms with Crippen LogP contribution in [0.3, 0.4) is 0 Å². The average molecular weight is 319 g/mol. The third kappa shape index (κ3) is 7.10. The molecule has 0 aliphatic carbocycles. The molecule has 128 valence electrons. The third-order valence-electron chi connectivity index (χ3n) is 4.44. The number of carbonyl (C=O) groups excluding carboxylic acids is 1. The number of aliphatic hydroxyl groups excluding tert-OH is 1. The fraction of sp³-hybridized carbons (Fsp3) is 0.667. The number of piperidine rings is 1. The zero-order chi connectivity index (χ0) is 16.5. The minimum absolute atomic E-state index is 0.00671. The molecule has 1 atom stereocenters. The Bertz CT molecular complexity index is 459. The van der Waals surface area contributed by atoms with Gasteiger partial charge in [-0.15, -0.1) is 0 Å². The standard InChI is InChI=1S/C18H29N3O2/c1-15-8-11-21(12-9-15)14-17(22)13-20-18(23)7-4-6-16-5-2-3-10-19-16/h2-3,5,10,15,17,22H,4,6-9,11-14H2,1H3,(H,20,23). The molecule has 0 bridgehead atoms. The van der Waals surface area contributed by atoms with Gasteiger partial charge in [0.15, 0.2) is 0 Å². The second kappa shape index (κ2) is 9.63. The number of carbonyl (C=O) groups is 1. The minimum Gasteiger partial charge on any atom is -0.390 e. The molecule has 2 N–H and O–H groups in total. The van der Waals surface area contributed by atoms with E-state index in [9.17, 15) is 9.90 Å². The molecule has 23 heavy (non-hydrogen) atoms. The van der Waals surface area contributed by atoms with Crippen LogP contribution in [0.2, 0.25) is 0 Å². The van der Waals surface area contributed by atoms with Crippen molar-refractivity contribution in [1.82, 2.24) is 15.2 Å². The lowest BCUT2D eigenvalue weighted by Crippen LogP contribution is -2.43. The number of aliphatic hydroxyl groups is 1. The van der Waals surface area contributed by atoms with Gasteiger partial charge in [0.05, 0.1) is 6.10 Å². The number of hydrogen-bond acceptors (Lipinski definition) is 4. The van der Waals surface area contributed by atoms with Gasteiger partial charge >= 0.3 is 0 Å². The highest BCUT2D eigenvalue weighted by atomic mass is 16.3. The van der Waals surface area contributed by atoms with Gasteiger partial charge in [-0.2, -0.15) is 0 Å². The summed E-state index contributed by atoms with van der Waals surface area (Å²) in [6.45, 7) is 5.38.